The highest BCUT2D eigenvalue weighted by Gasteiger charge is 2.43. The van der Waals surface area contributed by atoms with Crippen molar-refractivity contribution in [3.63, 3.8) is 0 Å². The maximum absolute atomic E-state index is 9.69. The van der Waals surface area contributed by atoms with Crippen LogP contribution in [0.2, 0.25) is 0 Å². The number of aliphatic hydroxyl groups excluding tert-OH is 3. The maximum Gasteiger partial charge on any atom is 0.106 e. The van der Waals surface area contributed by atoms with Gasteiger partial charge in [0.05, 0.1) is 12.2 Å². The second kappa shape index (κ2) is 3.53. The molecule has 0 bridgehead atoms. The van der Waals surface area contributed by atoms with Crippen LogP contribution in [0.25, 0.3) is 0 Å². The quantitative estimate of drug-likeness (QED) is 0.380. The summed E-state index contributed by atoms with van der Waals surface area (Å²) in [5, 5.41) is 31.8. The lowest BCUT2D eigenvalue weighted by atomic mass is 9.71. The molecular formula is C9H17NO3. The summed E-state index contributed by atoms with van der Waals surface area (Å²) in [5.41, 5.74) is 0. The molecular weight excluding hydrogens is 170 g/mol. The molecule has 13 heavy (non-hydrogen) atoms. The number of piperidine rings is 1. The Morgan fingerprint density at radius 1 is 1.08 bits per heavy atom. The Hall–Kier alpha value is -0.160. The van der Waals surface area contributed by atoms with Crippen LogP contribution in [0.4, 0.5) is 0 Å². The molecule has 0 aromatic carbocycles. The summed E-state index contributed by atoms with van der Waals surface area (Å²) in [6, 6.07) is 0. The molecule has 4 nitrogen and oxygen atoms in total. The van der Waals surface area contributed by atoms with Crippen molar-refractivity contribution in [2.24, 2.45) is 11.8 Å². The van der Waals surface area contributed by atoms with Crippen molar-refractivity contribution in [2.45, 2.75) is 31.2 Å². The Bertz CT molecular complexity index is 186. The van der Waals surface area contributed by atoms with Gasteiger partial charge in [0, 0.05) is 12.5 Å². The fraction of sp³-hybridized carbons (Fsp3) is 1.00. The Morgan fingerprint density at radius 3 is 2.62 bits per heavy atom. The van der Waals surface area contributed by atoms with Gasteiger partial charge in [-0.1, -0.05) is 0 Å². The summed E-state index contributed by atoms with van der Waals surface area (Å²) in [6.07, 6.45) is -0.840. The average molecular weight is 187 g/mol. The van der Waals surface area contributed by atoms with Gasteiger partial charge < -0.3 is 20.6 Å². The second-order valence-electron chi connectivity index (χ2n) is 4.20. The van der Waals surface area contributed by atoms with Gasteiger partial charge in [0.1, 0.15) is 6.10 Å². The first kappa shape index (κ1) is 9.40. The van der Waals surface area contributed by atoms with Crippen LogP contribution in [-0.2, 0) is 0 Å². The Morgan fingerprint density at radius 2 is 1.85 bits per heavy atom. The molecule has 2 fully saturated rings. The monoisotopic (exact) mass is 187 g/mol. The molecule has 5 atom stereocenters. The molecule has 1 aliphatic heterocycles. The first-order valence-electron chi connectivity index (χ1n) is 4.95. The van der Waals surface area contributed by atoms with Gasteiger partial charge >= 0.3 is 0 Å². The van der Waals surface area contributed by atoms with Gasteiger partial charge in [-0.15, -0.1) is 0 Å². The summed E-state index contributed by atoms with van der Waals surface area (Å²) >= 11 is 0. The van der Waals surface area contributed by atoms with E-state index in [1.165, 1.54) is 0 Å². The van der Waals surface area contributed by atoms with E-state index in [1.807, 2.05) is 0 Å². The molecule has 0 radical (unpaired) electrons. The fourth-order valence-electron chi connectivity index (χ4n) is 2.56. The van der Waals surface area contributed by atoms with Crippen molar-refractivity contribution in [3.8, 4) is 0 Å². The van der Waals surface area contributed by atoms with E-state index in [-0.39, 0.29) is 5.92 Å². The molecule has 5 unspecified atom stereocenters. The van der Waals surface area contributed by atoms with Crippen LogP contribution in [0.5, 0.6) is 0 Å². The normalized spacial score (nSPS) is 51.5. The topological polar surface area (TPSA) is 72.7 Å². The van der Waals surface area contributed by atoms with Gasteiger partial charge in [-0.25, -0.2) is 0 Å². The number of rotatable bonds is 0. The molecule has 0 aromatic rings. The van der Waals surface area contributed by atoms with Gasteiger partial charge in [-0.3, -0.25) is 0 Å². The number of aliphatic hydroxyl groups is 3. The van der Waals surface area contributed by atoms with E-state index in [9.17, 15) is 15.3 Å². The van der Waals surface area contributed by atoms with Gasteiger partial charge in [0.25, 0.3) is 0 Å². The van der Waals surface area contributed by atoms with E-state index in [4.69, 9.17) is 0 Å². The lowest BCUT2D eigenvalue weighted by molar-refractivity contribution is -0.134. The summed E-state index contributed by atoms with van der Waals surface area (Å²) in [5.74, 6) is 0.488. The smallest absolute Gasteiger partial charge is 0.106 e. The number of hydrogen-bond donors (Lipinski definition) is 4. The molecule has 0 spiro atoms. The summed E-state index contributed by atoms with van der Waals surface area (Å²) in [4.78, 5) is 0. The van der Waals surface area contributed by atoms with Gasteiger partial charge in [-0.2, -0.15) is 0 Å². The number of nitrogens with one attached hydrogen (secondary N) is 1. The maximum atomic E-state index is 9.69. The van der Waals surface area contributed by atoms with Crippen molar-refractivity contribution in [2.75, 3.05) is 13.1 Å². The molecule has 4 heteroatoms. The highest BCUT2D eigenvalue weighted by atomic mass is 16.4. The largest absolute Gasteiger partial charge is 0.390 e. The highest BCUT2D eigenvalue weighted by Crippen LogP contribution is 2.34. The van der Waals surface area contributed by atoms with E-state index in [2.05, 4.69) is 5.32 Å². The van der Waals surface area contributed by atoms with Crippen molar-refractivity contribution in [1.29, 1.82) is 0 Å². The third kappa shape index (κ3) is 1.59. The fourth-order valence-corrected chi connectivity index (χ4v) is 2.56. The van der Waals surface area contributed by atoms with Crippen LogP contribution >= 0.6 is 0 Å². The zero-order chi connectivity index (χ0) is 9.42. The molecule has 2 aliphatic rings. The van der Waals surface area contributed by atoms with Crippen molar-refractivity contribution in [1.82, 2.24) is 5.32 Å². The van der Waals surface area contributed by atoms with E-state index < -0.39 is 18.3 Å². The number of hydrogen-bond acceptors (Lipinski definition) is 4. The van der Waals surface area contributed by atoms with Crippen molar-refractivity contribution >= 4 is 0 Å². The first-order valence-corrected chi connectivity index (χ1v) is 4.95. The van der Waals surface area contributed by atoms with Crippen LogP contribution in [-0.4, -0.2) is 46.7 Å². The molecule has 1 saturated heterocycles. The Kier molecular flexibility index (Phi) is 2.55. The van der Waals surface area contributed by atoms with Crippen LogP contribution in [0.15, 0.2) is 0 Å². The van der Waals surface area contributed by atoms with Crippen LogP contribution in [0, 0.1) is 11.8 Å². The van der Waals surface area contributed by atoms with E-state index in [0.717, 1.165) is 19.5 Å². The minimum Gasteiger partial charge on any atom is -0.390 e. The van der Waals surface area contributed by atoms with E-state index in [0.29, 0.717) is 12.3 Å². The molecule has 1 saturated carbocycles. The van der Waals surface area contributed by atoms with Crippen molar-refractivity contribution in [3.05, 3.63) is 0 Å². The number of fused-ring (bicyclic) bond motifs is 1. The van der Waals surface area contributed by atoms with Gasteiger partial charge in [-0.05, 0) is 25.3 Å². The lowest BCUT2D eigenvalue weighted by Crippen LogP contribution is -2.55. The minimum absolute atomic E-state index is 0.118. The third-order valence-corrected chi connectivity index (χ3v) is 3.40. The minimum atomic E-state index is -0.957. The molecule has 0 aromatic heterocycles. The van der Waals surface area contributed by atoms with Crippen LogP contribution in [0.1, 0.15) is 12.8 Å². The van der Waals surface area contributed by atoms with E-state index >= 15 is 0 Å². The standard InChI is InChI=1S/C9H17NO3/c11-7-3-5-1-2-10-4-6(5)8(12)9(7)13/h5-13H,1-4H2. The predicted octanol–water partition coefficient (Wildman–Crippen LogP) is -1.30. The van der Waals surface area contributed by atoms with Crippen LogP contribution < -0.4 is 5.32 Å². The lowest BCUT2D eigenvalue weighted by Gasteiger charge is -2.43. The zero-order valence-electron chi connectivity index (χ0n) is 7.56. The van der Waals surface area contributed by atoms with Gasteiger partial charge in [0.15, 0.2) is 0 Å². The van der Waals surface area contributed by atoms with Crippen molar-refractivity contribution < 1.29 is 15.3 Å². The highest BCUT2D eigenvalue weighted by molar-refractivity contribution is 4.95. The Balaban J connectivity index is 2.08. The van der Waals surface area contributed by atoms with Crippen LogP contribution in [0.3, 0.4) is 0 Å². The predicted molar refractivity (Wildman–Crippen MR) is 47.1 cm³/mol. The molecule has 0 amide bonds. The van der Waals surface area contributed by atoms with Gasteiger partial charge in [0.2, 0.25) is 0 Å². The molecule has 1 aliphatic carbocycles. The first-order chi connectivity index (χ1) is 6.20. The Labute approximate surface area is 77.6 Å². The molecule has 76 valence electrons. The average Bonchev–Trinajstić information content (AvgIpc) is 2.15. The summed E-state index contributed by atoms with van der Waals surface area (Å²) in [6.45, 7) is 1.71. The molecule has 1 heterocycles. The SMILES string of the molecule is OC1CC2CCNCC2C(O)C1O. The molecule has 2 rings (SSSR count). The summed E-state index contributed by atoms with van der Waals surface area (Å²) < 4.78 is 0. The molecule has 4 N–H and O–H groups in total. The third-order valence-electron chi connectivity index (χ3n) is 3.40. The summed E-state index contributed by atoms with van der Waals surface area (Å²) in [7, 11) is 0. The second-order valence-corrected chi connectivity index (χ2v) is 4.20. The zero-order valence-corrected chi connectivity index (χ0v) is 7.56. The van der Waals surface area contributed by atoms with E-state index in [1.54, 1.807) is 0 Å².